The molecule has 0 fully saturated rings. The molecule has 0 bridgehead atoms. The van der Waals surface area contributed by atoms with Gasteiger partial charge < -0.3 is 19.3 Å². The molecule has 0 heterocycles. The minimum atomic E-state index is 0.104. The van der Waals surface area contributed by atoms with Crippen LogP contribution in [0.5, 0.6) is 23.0 Å². The van der Waals surface area contributed by atoms with Crippen LogP contribution in [0, 0.1) is 6.92 Å². The number of rotatable bonds is 5. The largest absolute Gasteiger partial charge is 0.504 e. The second-order valence-electron chi connectivity index (χ2n) is 5.89. The van der Waals surface area contributed by atoms with E-state index in [4.69, 9.17) is 42.5 Å². The van der Waals surface area contributed by atoms with Crippen molar-refractivity contribution in [1.29, 1.82) is 0 Å². The number of phenolic OH excluding ortho intramolecular Hbond substituents is 1. The molecule has 0 atom stereocenters. The minimum Gasteiger partial charge on any atom is -0.504 e. The van der Waals surface area contributed by atoms with Crippen molar-refractivity contribution in [2.45, 2.75) is 13.5 Å². The summed E-state index contributed by atoms with van der Waals surface area (Å²) in [6.07, 6.45) is 0. The maximum absolute atomic E-state index is 9.05. The number of aryl methyl sites for hydroxylation is 1. The fourth-order valence-corrected chi connectivity index (χ4v) is 2.58. The molecular weight excluding hydrogens is 399 g/mol. The molecule has 6 heteroatoms. The number of halogens is 2. The predicted octanol–water partition coefficient (Wildman–Crippen LogP) is 6.29. The predicted molar refractivity (Wildman–Crippen MR) is 113 cm³/mol. The van der Waals surface area contributed by atoms with Crippen LogP contribution < -0.4 is 14.2 Å². The van der Waals surface area contributed by atoms with Gasteiger partial charge in [-0.2, -0.15) is 0 Å². The number of ether oxygens (including phenoxy) is 3. The summed E-state index contributed by atoms with van der Waals surface area (Å²) in [5.74, 6) is 1.84. The Balaban J connectivity index is 0.000000237. The molecule has 0 saturated heterocycles. The Labute approximate surface area is 175 Å². The summed E-state index contributed by atoms with van der Waals surface area (Å²) in [7, 11) is 3.08. The summed E-state index contributed by atoms with van der Waals surface area (Å²) >= 11 is 11.5. The van der Waals surface area contributed by atoms with Gasteiger partial charge in [0.1, 0.15) is 6.61 Å². The lowest BCUT2D eigenvalue weighted by atomic mass is 10.2. The molecule has 0 aliphatic carbocycles. The van der Waals surface area contributed by atoms with Gasteiger partial charge in [-0.15, -0.1) is 0 Å². The van der Waals surface area contributed by atoms with Gasteiger partial charge in [-0.3, -0.25) is 0 Å². The van der Waals surface area contributed by atoms with E-state index in [0.29, 0.717) is 33.9 Å². The van der Waals surface area contributed by atoms with Crippen LogP contribution in [0.15, 0.2) is 60.7 Å². The third kappa shape index (κ3) is 6.55. The van der Waals surface area contributed by atoms with E-state index < -0.39 is 0 Å². The number of aromatic hydroxyl groups is 1. The summed E-state index contributed by atoms with van der Waals surface area (Å²) in [6, 6.07) is 18.2. The van der Waals surface area contributed by atoms with Crippen LogP contribution in [0.4, 0.5) is 0 Å². The second kappa shape index (κ2) is 10.7. The highest BCUT2D eigenvalue weighted by atomic mass is 35.5. The van der Waals surface area contributed by atoms with Crippen molar-refractivity contribution < 1.29 is 19.3 Å². The first-order valence-corrected chi connectivity index (χ1v) is 9.23. The summed E-state index contributed by atoms with van der Waals surface area (Å²) in [5.41, 5.74) is 2.36. The second-order valence-corrected chi connectivity index (χ2v) is 6.76. The Morgan fingerprint density at radius 2 is 1.32 bits per heavy atom. The average molecular weight is 421 g/mol. The zero-order valence-electron chi connectivity index (χ0n) is 15.9. The Morgan fingerprint density at radius 1 is 0.750 bits per heavy atom. The maximum Gasteiger partial charge on any atom is 0.162 e. The van der Waals surface area contributed by atoms with Gasteiger partial charge in [0.2, 0.25) is 0 Å². The molecule has 3 aromatic carbocycles. The van der Waals surface area contributed by atoms with E-state index in [1.165, 1.54) is 18.7 Å². The average Bonchev–Trinajstić information content (AvgIpc) is 2.70. The van der Waals surface area contributed by atoms with Crippen molar-refractivity contribution in [3.8, 4) is 23.0 Å². The highest BCUT2D eigenvalue weighted by Gasteiger charge is 2.05. The Morgan fingerprint density at radius 3 is 1.89 bits per heavy atom. The molecule has 0 aromatic heterocycles. The molecular formula is C22H22Cl2O4. The standard InChI is InChI=1S/C15H15ClO2.C7H7ClO2/c1-11-3-5-12(6-4-11)10-18-14-8-7-13(16)9-15(14)17-2;1-10-7-4-5(8)2-3-6(7)9/h3-9H,10H2,1-2H3;2-4,9H,1H3. The summed E-state index contributed by atoms with van der Waals surface area (Å²) in [5, 5.41) is 10.2. The van der Waals surface area contributed by atoms with Crippen LogP contribution in [0.2, 0.25) is 10.0 Å². The normalized spacial score (nSPS) is 9.89. The zero-order chi connectivity index (χ0) is 20.5. The molecule has 0 radical (unpaired) electrons. The van der Waals surface area contributed by atoms with Crippen LogP contribution in [-0.2, 0) is 6.61 Å². The SMILES string of the molecule is COc1cc(Cl)ccc1O.COc1cc(Cl)ccc1OCc1ccc(C)cc1. The molecule has 0 aliphatic heterocycles. The van der Waals surface area contributed by atoms with Crippen molar-refractivity contribution in [2.24, 2.45) is 0 Å². The van der Waals surface area contributed by atoms with E-state index in [1.807, 2.05) is 6.07 Å². The van der Waals surface area contributed by atoms with Gasteiger partial charge in [-0.1, -0.05) is 53.0 Å². The van der Waals surface area contributed by atoms with Crippen molar-refractivity contribution >= 4 is 23.2 Å². The lowest BCUT2D eigenvalue weighted by Gasteiger charge is -2.11. The number of benzene rings is 3. The molecule has 28 heavy (non-hydrogen) atoms. The van der Waals surface area contributed by atoms with Crippen LogP contribution in [-0.4, -0.2) is 19.3 Å². The summed E-state index contributed by atoms with van der Waals surface area (Å²) in [6.45, 7) is 2.57. The van der Waals surface area contributed by atoms with Gasteiger partial charge in [0.25, 0.3) is 0 Å². The summed E-state index contributed by atoms with van der Waals surface area (Å²) < 4.78 is 15.7. The van der Waals surface area contributed by atoms with Crippen LogP contribution in [0.3, 0.4) is 0 Å². The number of phenols is 1. The van der Waals surface area contributed by atoms with Crippen LogP contribution in [0.25, 0.3) is 0 Å². The molecule has 3 aromatic rings. The number of hydrogen-bond acceptors (Lipinski definition) is 4. The molecule has 148 valence electrons. The van der Waals surface area contributed by atoms with Gasteiger partial charge >= 0.3 is 0 Å². The Bertz CT molecular complexity index is 896. The summed E-state index contributed by atoms with van der Waals surface area (Å²) in [4.78, 5) is 0. The van der Waals surface area contributed by atoms with Gasteiger partial charge in [0, 0.05) is 22.2 Å². The zero-order valence-corrected chi connectivity index (χ0v) is 17.4. The molecule has 1 N–H and O–H groups in total. The van der Waals surface area contributed by atoms with Crippen molar-refractivity contribution in [3.63, 3.8) is 0 Å². The molecule has 4 nitrogen and oxygen atoms in total. The first-order chi connectivity index (χ1) is 13.4. The van der Waals surface area contributed by atoms with E-state index in [-0.39, 0.29) is 5.75 Å². The van der Waals surface area contributed by atoms with Crippen molar-refractivity contribution in [2.75, 3.05) is 14.2 Å². The molecule has 0 unspecified atom stereocenters. The number of methoxy groups -OCH3 is 2. The Hall–Kier alpha value is -2.56. The first kappa shape index (κ1) is 21.7. The quantitative estimate of drug-likeness (QED) is 0.526. The highest BCUT2D eigenvalue weighted by molar-refractivity contribution is 6.31. The van der Waals surface area contributed by atoms with E-state index in [9.17, 15) is 0 Å². The van der Waals surface area contributed by atoms with Gasteiger partial charge in [-0.25, -0.2) is 0 Å². The monoisotopic (exact) mass is 420 g/mol. The maximum atomic E-state index is 9.05. The van der Waals surface area contributed by atoms with Crippen molar-refractivity contribution in [1.82, 2.24) is 0 Å². The molecule has 0 spiro atoms. The lowest BCUT2D eigenvalue weighted by molar-refractivity contribution is 0.284. The van der Waals surface area contributed by atoms with E-state index in [2.05, 4.69) is 31.2 Å². The van der Waals surface area contributed by atoms with E-state index in [0.717, 1.165) is 5.56 Å². The van der Waals surface area contributed by atoms with Crippen molar-refractivity contribution in [3.05, 3.63) is 81.8 Å². The lowest BCUT2D eigenvalue weighted by Crippen LogP contribution is -1.97. The Kier molecular flexibility index (Phi) is 8.30. The highest BCUT2D eigenvalue weighted by Crippen LogP contribution is 2.30. The van der Waals surface area contributed by atoms with E-state index in [1.54, 1.807) is 31.4 Å². The first-order valence-electron chi connectivity index (χ1n) is 8.47. The molecule has 0 amide bonds. The third-order valence-electron chi connectivity index (χ3n) is 3.78. The minimum absolute atomic E-state index is 0.104. The topological polar surface area (TPSA) is 47.9 Å². The molecule has 0 aliphatic rings. The van der Waals surface area contributed by atoms with Crippen LogP contribution >= 0.6 is 23.2 Å². The van der Waals surface area contributed by atoms with E-state index >= 15 is 0 Å². The molecule has 3 rings (SSSR count). The smallest absolute Gasteiger partial charge is 0.162 e. The van der Waals surface area contributed by atoms with Gasteiger partial charge in [0.05, 0.1) is 14.2 Å². The van der Waals surface area contributed by atoms with Crippen LogP contribution in [0.1, 0.15) is 11.1 Å². The van der Waals surface area contributed by atoms with Gasteiger partial charge in [-0.05, 0) is 36.8 Å². The fraction of sp³-hybridized carbons (Fsp3) is 0.182. The van der Waals surface area contributed by atoms with Gasteiger partial charge in [0.15, 0.2) is 23.0 Å². The number of hydrogen-bond donors (Lipinski definition) is 1. The third-order valence-corrected chi connectivity index (χ3v) is 4.25. The fourth-order valence-electron chi connectivity index (χ4n) is 2.26. The molecule has 0 saturated carbocycles.